The van der Waals surface area contributed by atoms with Crippen LogP contribution < -0.4 is 15.0 Å². The lowest BCUT2D eigenvalue weighted by Crippen LogP contribution is -2.32. The Kier molecular flexibility index (Phi) is 5.69. The summed E-state index contributed by atoms with van der Waals surface area (Å²) in [5.41, 5.74) is 2.03. The Hall–Kier alpha value is -4.44. The molecule has 0 saturated carbocycles. The Labute approximate surface area is 184 Å². The van der Waals surface area contributed by atoms with E-state index in [1.165, 1.54) is 36.4 Å². The van der Waals surface area contributed by atoms with Gasteiger partial charge in [-0.05, 0) is 73.2 Å². The van der Waals surface area contributed by atoms with Gasteiger partial charge in [-0.1, -0.05) is 12.1 Å². The van der Waals surface area contributed by atoms with Crippen molar-refractivity contribution in [3.63, 3.8) is 0 Å². The fourth-order valence-corrected chi connectivity index (χ4v) is 3.40. The van der Waals surface area contributed by atoms with Gasteiger partial charge < -0.3 is 10.1 Å². The van der Waals surface area contributed by atoms with Crippen molar-refractivity contribution in [3.05, 3.63) is 95.4 Å². The minimum Gasteiger partial charge on any atom is -0.494 e. The summed E-state index contributed by atoms with van der Waals surface area (Å²) in [6.45, 7) is 2.37. The highest BCUT2D eigenvalue weighted by Gasteiger charge is 2.40. The number of carbonyl (C=O) groups excluding carboxylic acids is 2. The van der Waals surface area contributed by atoms with Gasteiger partial charge in [0.2, 0.25) is 0 Å². The molecule has 1 aliphatic rings. The number of nitrogens with zero attached hydrogens (tertiary/aromatic N) is 2. The lowest BCUT2D eigenvalue weighted by atomic mass is 10.0. The number of halogens is 1. The van der Waals surface area contributed by atoms with Crippen LogP contribution >= 0.6 is 0 Å². The predicted octanol–water partition coefficient (Wildman–Crippen LogP) is 4.49. The van der Waals surface area contributed by atoms with Crippen molar-refractivity contribution in [1.29, 1.82) is 5.26 Å². The first-order valence-corrected chi connectivity index (χ1v) is 9.91. The van der Waals surface area contributed by atoms with Crippen molar-refractivity contribution in [1.82, 2.24) is 0 Å². The highest BCUT2D eigenvalue weighted by Crippen LogP contribution is 2.34. The third kappa shape index (κ3) is 3.94. The molecule has 0 aliphatic carbocycles. The summed E-state index contributed by atoms with van der Waals surface area (Å²) in [5, 5.41) is 12.0. The number of benzene rings is 3. The van der Waals surface area contributed by atoms with Crippen LogP contribution in [-0.2, 0) is 9.59 Å². The number of ether oxygens (including phenoxy) is 1. The van der Waals surface area contributed by atoms with Crippen LogP contribution in [0.3, 0.4) is 0 Å². The highest BCUT2D eigenvalue weighted by atomic mass is 19.1. The Morgan fingerprint density at radius 1 is 0.938 bits per heavy atom. The molecule has 0 aromatic heterocycles. The Balaban J connectivity index is 1.77. The number of hydrogen-bond donors (Lipinski definition) is 1. The van der Waals surface area contributed by atoms with Crippen molar-refractivity contribution < 1.29 is 18.7 Å². The molecule has 0 radical (unpaired) electrons. The molecule has 0 saturated heterocycles. The van der Waals surface area contributed by atoms with Gasteiger partial charge in [0.1, 0.15) is 17.3 Å². The van der Waals surface area contributed by atoms with Crippen molar-refractivity contribution in [2.45, 2.75) is 6.92 Å². The number of imide groups is 1. The topological polar surface area (TPSA) is 82.4 Å². The van der Waals surface area contributed by atoms with E-state index in [1.807, 2.05) is 13.0 Å². The van der Waals surface area contributed by atoms with Gasteiger partial charge in [0.05, 0.1) is 29.5 Å². The van der Waals surface area contributed by atoms with Crippen LogP contribution in [0.25, 0.3) is 5.57 Å². The minimum absolute atomic E-state index is 0.0788. The van der Waals surface area contributed by atoms with Crippen LogP contribution in [-0.4, -0.2) is 18.4 Å². The van der Waals surface area contributed by atoms with E-state index >= 15 is 0 Å². The second-order valence-corrected chi connectivity index (χ2v) is 6.94. The van der Waals surface area contributed by atoms with Crippen molar-refractivity contribution >= 4 is 28.8 Å². The van der Waals surface area contributed by atoms with Crippen molar-refractivity contribution in [3.8, 4) is 11.8 Å². The molecule has 32 heavy (non-hydrogen) atoms. The highest BCUT2D eigenvalue weighted by molar-refractivity contribution is 6.46. The summed E-state index contributed by atoms with van der Waals surface area (Å²) in [4.78, 5) is 27.8. The number of hydrogen-bond acceptors (Lipinski definition) is 5. The lowest BCUT2D eigenvalue weighted by Gasteiger charge is -2.15. The first-order chi connectivity index (χ1) is 15.5. The van der Waals surface area contributed by atoms with E-state index in [2.05, 4.69) is 5.32 Å². The quantitative estimate of drug-likeness (QED) is 0.586. The van der Waals surface area contributed by atoms with Crippen molar-refractivity contribution in [2.24, 2.45) is 0 Å². The molecule has 4 rings (SSSR count). The first-order valence-electron chi connectivity index (χ1n) is 9.91. The van der Waals surface area contributed by atoms with Crippen LogP contribution in [0.1, 0.15) is 18.1 Å². The van der Waals surface area contributed by atoms with Crippen molar-refractivity contribution in [2.75, 3.05) is 16.8 Å². The molecule has 1 aliphatic heterocycles. The maximum Gasteiger partial charge on any atom is 0.282 e. The molecule has 3 aromatic rings. The van der Waals surface area contributed by atoms with Gasteiger partial charge >= 0.3 is 0 Å². The Morgan fingerprint density at radius 2 is 1.59 bits per heavy atom. The fraction of sp³-hybridized carbons (Fsp3) is 0.0800. The summed E-state index contributed by atoms with van der Waals surface area (Å²) in [5.74, 6) is -0.823. The lowest BCUT2D eigenvalue weighted by molar-refractivity contribution is -0.120. The molecular weight excluding hydrogens is 409 g/mol. The number of nitrogens with one attached hydrogen (secondary N) is 1. The molecule has 1 heterocycles. The van der Waals surface area contributed by atoms with Gasteiger partial charge in [0.25, 0.3) is 11.8 Å². The van der Waals surface area contributed by atoms with E-state index in [0.29, 0.717) is 34.9 Å². The normalized spacial score (nSPS) is 13.3. The SMILES string of the molecule is CCOc1ccc(C2=C(Nc3ccc(F)cc3)C(=O)N(c3ccc(C#N)cc3)C2=O)cc1. The average molecular weight is 427 g/mol. The average Bonchev–Trinajstić information content (AvgIpc) is 3.05. The van der Waals surface area contributed by atoms with Crippen LogP contribution in [0.5, 0.6) is 5.75 Å². The van der Waals surface area contributed by atoms with Gasteiger partial charge in [-0.3, -0.25) is 9.59 Å². The summed E-state index contributed by atoms with van der Waals surface area (Å²) in [6, 6.07) is 20.5. The third-order valence-corrected chi connectivity index (χ3v) is 4.91. The smallest absolute Gasteiger partial charge is 0.282 e. The monoisotopic (exact) mass is 427 g/mol. The third-order valence-electron chi connectivity index (χ3n) is 4.91. The standard InChI is InChI=1S/C25H18FN3O3/c1-2-32-21-13-5-17(6-14-21)22-23(28-19-9-7-18(26)8-10-19)25(31)29(24(22)30)20-11-3-16(15-27)4-12-20/h3-14,28H,2H2,1H3. The van der Waals surface area contributed by atoms with Gasteiger partial charge in [-0.15, -0.1) is 0 Å². The molecule has 0 spiro atoms. The number of carbonyl (C=O) groups is 2. The Bertz CT molecular complexity index is 1240. The fourth-order valence-electron chi connectivity index (χ4n) is 3.40. The summed E-state index contributed by atoms with van der Waals surface area (Å²) >= 11 is 0. The number of rotatable bonds is 6. The molecule has 1 N–H and O–H groups in total. The molecule has 0 bridgehead atoms. The minimum atomic E-state index is -0.548. The van der Waals surface area contributed by atoms with Crippen LogP contribution in [0.15, 0.2) is 78.5 Å². The number of anilines is 2. The number of amides is 2. The molecule has 6 nitrogen and oxygen atoms in total. The molecule has 7 heteroatoms. The molecule has 0 unspecified atom stereocenters. The predicted molar refractivity (Wildman–Crippen MR) is 118 cm³/mol. The van der Waals surface area contributed by atoms with E-state index in [-0.39, 0.29) is 11.3 Å². The molecule has 0 atom stereocenters. The second-order valence-electron chi connectivity index (χ2n) is 6.94. The zero-order valence-electron chi connectivity index (χ0n) is 17.1. The second kappa shape index (κ2) is 8.74. The van der Waals surface area contributed by atoms with Crippen LogP contribution in [0.4, 0.5) is 15.8 Å². The molecule has 3 aromatic carbocycles. The molecular formula is C25H18FN3O3. The van der Waals surface area contributed by atoms with Crippen LogP contribution in [0.2, 0.25) is 0 Å². The zero-order chi connectivity index (χ0) is 22.7. The Morgan fingerprint density at radius 3 is 2.19 bits per heavy atom. The van der Waals surface area contributed by atoms with E-state index in [4.69, 9.17) is 10.00 Å². The van der Waals surface area contributed by atoms with Gasteiger partial charge in [-0.2, -0.15) is 5.26 Å². The summed E-state index contributed by atoms with van der Waals surface area (Å²) in [6.07, 6.45) is 0. The van der Waals surface area contributed by atoms with E-state index < -0.39 is 17.6 Å². The summed E-state index contributed by atoms with van der Waals surface area (Å²) in [7, 11) is 0. The van der Waals surface area contributed by atoms with Gasteiger partial charge in [0.15, 0.2) is 0 Å². The first kappa shape index (κ1) is 20.8. The van der Waals surface area contributed by atoms with E-state index in [9.17, 15) is 14.0 Å². The van der Waals surface area contributed by atoms with E-state index in [1.54, 1.807) is 36.4 Å². The van der Waals surface area contributed by atoms with Crippen LogP contribution in [0, 0.1) is 17.1 Å². The maximum absolute atomic E-state index is 13.4. The largest absolute Gasteiger partial charge is 0.494 e. The maximum atomic E-state index is 13.4. The molecule has 2 amide bonds. The van der Waals surface area contributed by atoms with E-state index in [0.717, 1.165) is 4.90 Å². The summed E-state index contributed by atoms with van der Waals surface area (Å²) < 4.78 is 18.8. The zero-order valence-corrected chi connectivity index (χ0v) is 17.1. The molecule has 158 valence electrons. The van der Waals surface area contributed by atoms with Gasteiger partial charge in [-0.25, -0.2) is 9.29 Å². The number of nitriles is 1. The van der Waals surface area contributed by atoms with Gasteiger partial charge in [0, 0.05) is 5.69 Å². The molecule has 0 fully saturated rings.